The zero-order valence-corrected chi connectivity index (χ0v) is 11.2. The third kappa shape index (κ3) is 3.77. The van der Waals surface area contributed by atoms with E-state index in [1.807, 2.05) is 0 Å². The average molecular weight is 256 g/mol. The minimum absolute atomic E-state index is 0.417. The molecule has 1 heterocycles. The lowest BCUT2D eigenvalue weighted by Crippen LogP contribution is -2.39. The summed E-state index contributed by atoms with van der Waals surface area (Å²) in [5, 5.41) is 5.23. The number of hydrazine groups is 1. The standard InChI is InChI=1S/C12H20N2S2/c13-14-11(7-10-5-6-15-8-10)9-16-12-3-1-2-4-12/h5-6,8,11-12,14H,1-4,7,9,13H2. The van der Waals surface area contributed by atoms with E-state index in [2.05, 4.69) is 34.0 Å². The van der Waals surface area contributed by atoms with Crippen LogP contribution in [0.1, 0.15) is 31.2 Å². The van der Waals surface area contributed by atoms with E-state index in [-0.39, 0.29) is 0 Å². The fourth-order valence-electron chi connectivity index (χ4n) is 2.17. The summed E-state index contributed by atoms with van der Waals surface area (Å²) in [6.07, 6.45) is 6.70. The smallest absolute Gasteiger partial charge is 0.0341 e. The maximum atomic E-state index is 5.61. The van der Waals surface area contributed by atoms with Crippen LogP contribution in [-0.4, -0.2) is 17.0 Å². The van der Waals surface area contributed by atoms with Crippen molar-refractivity contribution in [3.63, 3.8) is 0 Å². The summed E-state index contributed by atoms with van der Waals surface area (Å²) in [7, 11) is 0. The molecule has 0 aromatic carbocycles. The lowest BCUT2D eigenvalue weighted by molar-refractivity contribution is 0.575. The molecule has 0 saturated heterocycles. The van der Waals surface area contributed by atoms with Crippen LogP contribution in [0.5, 0.6) is 0 Å². The Labute approximate surface area is 106 Å². The van der Waals surface area contributed by atoms with Crippen molar-refractivity contribution in [1.29, 1.82) is 0 Å². The number of thioether (sulfide) groups is 1. The molecule has 16 heavy (non-hydrogen) atoms. The van der Waals surface area contributed by atoms with Crippen molar-refractivity contribution >= 4 is 23.1 Å². The second kappa shape index (κ2) is 6.64. The zero-order valence-electron chi connectivity index (χ0n) is 9.52. The van der Waals surface area contributed by atoms with Crippen molar-refractivity contribution in [1.82, 2.24) is 5.43 Å². The molecule has 0 spiro atoms. The van der Waals surface area contributed by atoms with Gasteiger partial charge in [-0.25, -0.2) is 0 Å². The lowest BCUT2D eigenvalue weighted by Gasteiger charge is -2.17. The van der Waals surface area contributed by atoms with Crippen LogP contribution < -0.4 is 11.3 Å². The van der Waals surface area contributed by atoms with Crippen LogP contribution in [0.25, 0.3) is 0 Å². The first-order chi connectivity index (χ1) is 7.88. The molecule has 0 amide bonds. The van der Waals surface area contributed by atoms with Crippen LogP contribution in [0.3, 0.4) is 0 Å². The number of nitrogens with one attached hydrogen (secondary N) is 1. The lowest BCUT2D eigenvalue weighted by atomic mass is 10.1. The summed E-state index contributed by atoms with van der Waals surface area (Å²) in [5.74, 6) is 6.75. The molecule has 1 aliphatic rings. The topological polar surface area (TPSA) is 38.0 Å². The third-order valence-corrected chi connectivity index (χ3v) is 5.40. The molecular weight excluding hydrogens is 236 g/mol. The van der Waals surface area contributed by atoms with Gasteiger partial charge in [-0.3, -0.25) is 11.3 Å². The molecular formula is C12H20N2S2. The first kappa shape index (κ1) is 12.4. The molecule has 1 saturated carbocycles. The van der Waals surface area contributed by atoms with Gasteiger partial charge in [-0.1, -0.05) is 12.8 Å². The highest BCUT2D eigenvalue weighted by molar-refractivity contribution is 7.99. The van der Waals surface area contributed by atoms with Gasteiger partial charge in [-0.2, -0.15) is 23.1 Å². The van der Waals surface area contributed by atoms with Crippen molar-refractivity contribution in [2.75, 3.05) is 5.75 Å². The van der Waals surface area contributed by atoms with Gasteiger partial charge in [-0.15, -0.1) is 0 Å². The minimum Gasteiger partial charge on any atom is -0.271 e. The van der Waals surface area contributed by atoms with Crippen molar-refractivity contribution in [2.45, 2.75) is 43.4 Å². The number of thiophene rings is 1. The molecule has 1 fully saturated rings. The molecule has 2 rings (SSSR count). The van der Waals surface area contributed by atoms with E-state index in [1.54, 1.807) is 11.3 Å². The zero-order chi connectivity index (χ0) is 11.2. The van der Waals surface area contributed by atoms with E-state index in [1.165, 1.54) is 31.2 Å². The minimum atomic E-state index is 0.417. The van der Waals surface area contributed by atoms with Crippen LogP contribution in [-0.2, 0) is 6.42 Å². The molecule has 1 aromatic heterocycles. The highest BCUT2D eigenvalue weighted by Gasteiger charge is 2.17. The van der Waals surface area contributed by atoms with Gasteiger partial charge in [0.2, 0.25) is 0 Å². The molecule has 0 bridgehead atoms. The summed E-state index contributed by atoms with van der Waals surface area (Å²) in [4.78, 5) is 0. The van der Waals surface area contributed by atoms with Gasteiger partial charge < -0.3 is 0 Å². The quantitative estimate of drug-likeness (QED) is 0.607. The van der Waals surface area contributed by atoms with Crippen LogP contribution in [0.15, 0.2) is 16.8 Å². The van der Waals surface area contributed by atoms with Gasteiger partial charge in [-0.05, 0) is 41.7 Å². The van der Waals surface area contributed by atoms with Crippen LogP contribution in [0.2, 0.25) is 0 Å². The molecule has 1 atom stereocenters. The van der Waals surface area contributed by atoms with Gasteiger partial charge in [0.25, 0.3) is 0 Å². The Hall–Kier alpha value is -0.0300. The Kier molecular flexibility index (Phi) is 5.16. The summed E-state index contributed by atoms with van der Waals surface area (Å²) < 4.78 is 0. The SMILES string of the molecule is NNC(CSC1CCCC1)Cc1ccsc1. The van der Waals surface area contributed by atoms with Crippen LogP contribution in [0, 0.1) is 0 Å². The van der Waals surface area contributed by atoms with Crippen molar-refractivity contribution in [2.24, 2.45) is 5.84 Å². The largest absolute Gasteiger partial charge is 0.271 e. The number of hydrogen-bond donors (Lipinski definition) is 2. The Bertz CT molecular complexity index is 281. The summed E-state index contributed by atoms with van der Waals surface area (Å²) in [6, 6.07) is 2.61. The first-order valence-electron chi connectivity index (χ1n) is 5.97. The monoisotopic (exact) mass is 256 g/mol. The maximum Gasteiger partial charge on any atom is 0.0341 e. The van der Waals surface area contributed by atoms with Crippen LogP contribution in [0.4, 0.5) is 0 Å². The van der Waals surface area contributed by atoms with Crippen molar-refractivity contribution in [3.05, 3.63) is 22.4 Å². The van der Waals surface area contributed by atoms with E-state index in [0.29, 0.717) is 6.04 Å². The molecule has 0 aliphatic heterocycles. The molecule has 1 aromatic rings. The van der Waals surface area contributed by atoms with Gasteiger partial charge in [0, 0.05) is 17.0 Å². The normalized spacial score (nSPS) is 19.1. The Morgan fingerprint density at radius 3 is 2.94 bits per heavy atom. The average Bonchev–Trinajstić information content (AvgIpc) is 2.97. The van der Waals surface area contributed by atoms with Crippen molar-refractivity contribution < 1.29 is 0 Å². The van der Waals surface area contributed by atoms with E-state index in [4.69, 9.17) is 5.84 Å². The fraction of sp³-hybridized carbons (Fsp3) is 0.667. The molecule has 2 nitrogen and oxygen atoms in total. The van der Waals surface area contributed by atoms with Gasteiger partial charge in [0.05, 0.1) is 0 Å². The molecule has 1 aliphatic carbocycles. The summed E-state index contributed by atoms with van der Waals surface area (Å²) >= 11 is 3.86. The molecule has 4 heteroatoms. The van der Waals surface area contributed by atoms with Crippen LogP contribution >= 0.6 is 23.1 Å². The highest BCUT2D eigenvalue weighted by Crippen LogP contribution is 2.29. The molecule has 0 radical (unpaired) electrons. The van der Waals surface area contributed by atoms with E-state index in [0.717, 1.165) is 17.4 Å². The summed E-state index contributed by atoms with van der Waals surface area (Å²) in [5.41, 5.74) is 4.35. The van der Waals surface area contributed by atoms with Gasteiger partial charge >= 0.3 is 0 Å². The van der Waals surface area contributed by atoms with Crippen molar-refractivity contribution in [3.8, 4) is 0 Å². The van der Waals surface area contributed by atoms with E-state index >= 15 is 0 Å². The second-order valence-corrected chi connectivity index (χ2v) is 6.55. The Morgan fingerprint density at radius 2 is 2.31 bits per heavy atom. The molecule has 90 valence electrons. The molecule has 1 unspecified atom stereocenters. The third-order valence-electron chi connectivity index (χ3n) is 3.13. The van der Waals surface area contributed by atoms with E-state index in [9.17, 15) is 0 Å². The maximum absolute atomic E-state index is 5.61. The fourth-order valence-corrected chi connectivity index (χ4v) is 4.23. The highest BCUT2D eigenvalue weighted by atomic mass is 32.2. The number of hydrogen-bond acceptors (Lipinski definition) is 4. The Morgan fingerprint density at radius 1 is 1.50 bits per heavy atom. The van der Waals surface area contributed by atoms with Gasteiger partial charge in [0.15, 0.2) is 0 Å². The predicted octanol–water partition coefficient (Wildman–Crippen LogP) is 2.80. The molecule has 3 N–H and O–H groups in total. The first-order valence-corrected chi connectivity index (χ1v) is 7.96. The Balaban J connectivity index is 1.72. The van der Waals surface area contributed by atoms with E-state index < -0.39 is 0 Å². The number of rotatable bonds is 6. The second-order valence-electron chi connectivity index (χ2n) is 4.44. The predicted molar refractivity (Wildman–Crippen MR) is 73.8 cm³/mol. The summed E-state index contributed by atoms with van der Waals surface area (Å²) in [6.45, 7) is 0. The van der Waals surface area contributed by atoms with Gasteiger partial charge in [0.1, 0.15) is 0 Å². The number of nitrogens with two attached hydrogens (primary N) is 1.